The van der Waals surface area contributed by atoms with Crippen molar-refractivity contribution in [3.05, 3.63) is 41.0 Å². The summed E-state index contributed by atoms with van der Waals surface area (Å²) in [5, 5.41) is 6.72. The molecule has 0 aromatic heterocycles. The third kappa shape index (κ3) is 3.77. The monoisotopic (exact) mass is 298 g/mol. The van der Waals surface area contributed by atoms with Gasteiger partial charge >= 0.3 is 0 Å². The summed E-state index contributed by atoms with van der Waals surface area (Å²) in [6.45, 7) is 3.51. The van der Waals surface area contributed by atoms with Crippen molar-refractivity contribution in [2.75, 3.05) is 18.4 Å². The fourth-order valence-corrected chi connectivity index (χ4v) is 3.41. The van der Waals surface area contributed by atoms with Crippen LogP contribution >= 0.6 is 0 Å². The maximum atomic E-state index is 12.3. The van der Waals surface area contributed by atoms with Crippen LogP contribution in [0.1, 0.15) is 54.9 Å². The molecule has 22 heavy (non-hydrogen) atoms. The van der Waals surface area contributed by atoms with E-state index >= 15 is 0 Å². The Balaban J connectivity index is 1.46. The minimum absolute atomic E-state index is 0.194. The van der Waals surface area contributed by atoms with Crippen LogP contribution in [-0.4, -0.2) is 24.9 Å². The lowest BCUT2D eigenvalue weighted by Gasteiger charge is -2.12. The Bertz CT molecular complexity index is 577. The Hall–Kier alpha value is -1.61. The fourth-order valence-electron chi connectivity index (χ4n) is 3.41. The highest BCUT2D eigenvalue weighted by Crippen LogP contribution is 2.26. The van der Waals surface area contributed by atoms with Crippen LogP contribution in [0.4, 0.5) is 5.69 Å². The maximum Gasteiger partial charge on any atom is 0.176 e. The predicted molar refractivity (Wildman–Crippen MR) is 91.6 cm³/mol. The quantitative estimate of drug-likeness (QED) is 0.478. The van der Waals surface area contributed by atoms with Crippen LogP contribution in [0, 0.1) is 0 Å². The van der Waals surface area contributed by atoms with E-state index in [0.29, 0.717) is 12.6 Å². The van der Waals surface area contributed by atoms with Crippen LogP contribution in [0.2, 0.25) is 0 Å². The van der Waals surface area contributed by atoms with Crippen LogP contribution in [0.5, 0.6) is 0 Å². The van der Waals surface area contributed by atoms with E-state index in [4.69, 9.17) is 0 Å². The Morgan fingerprint density at radius 1 is 1.36 bits per heavy atom. The number of rotatable bonds is 6. The Morgan fingerprint density at radius 3 is 3.09 bits per heavy atom. The second-order valence-electron chi connectivity index (χ2n) is 6.58. The van der Waals surface area contributed by atoms with Gasteiger partial charge in [-0.1, -0.05) is 11.6 Å². The van der Waals surface area contributed by atoms with Crippen molar-refractivity contribution < 1.29 is 4.79 Å². The number of ketones is 1. The number of Topliss-reactive ketones (excluding diaryl/α,β-unsaturated/α-hetero) is 1. The van der Waals surface area contributed by atoms with E-state index in [1.165, 1.54) is 36.9 Å². The smallest absolute Gasteiger partial charge is 0.176 e. The molecule has 1 heterocycles. The molecule has 1 aliphatic carbocycles. The molecule has 3 nitrogen and oxygen atoms in total. The lowest BCUT2D eigenvalue weighted by atomic mass is 9.97. The van der Waals surface area contributed by atoms with E-state index in [2.05, 4.69) is 29.7 Å². The van der Waals surface area contributed by atoms with Gasteiger partial charge in [0.15, 0.2) is 5.78 Å². The molecule has 2 N–H and O–H groups in total. The van der Waals surface area contributed by atoms with Crippen molar-refractivity contribution in [1.29, 1.82) is 0 Å². The van der Waals surface area contributed by atoms with E-state index < -0.39 is 0 Å². The number of anilines is 1. The van der Waals surface area contributed by atoms with Gasteiger partial charge in [-0.2, -0.15) is 0 Å². The number of carbonyl (C=O) groups is 1. The van der Waals surface area contributed by atoms with E-state index in [1.54, 1.807) is 5.57 Å². The lowest BCUT2D eigenvalue weighted by molar-refractivity contribution is 0.0991. The highest BCUT2D eigenvalue weighted by atomic mass is 16.1. The molecule has 0 bridgehead atoms. The lowest BCUT2D eigenvalue weighted by Crippen LogP contribution is -2.24. The molecule has 0 saturated carbocycles. The second kappa shape index (κ2) is 7.10. The fraction of sp³-hybridized carbons (Fsp3) is 0.526. The number of carbonyl (C=O) groups excluding carboxylic acids is 1. The van der Waals surface area contributed by atoms with Gasteiger partial charge in [-0.05, 0) is 75.8 Å². The van der Waals surface area contributed by atoms with Crippen LogP contribution in [0.25, 0.3) is 0 Å². The molecule has 0 saturated heterocycles. The molecular weight excluding hydrogens is 272 g/mol. The summed E-state index contributed by atoms with van der Waals surface area (Å²) < 4.78 is 0. The van der Waals surface area contributed by atoms with Gasteiger partial charge in [0.25, 0.3) is 0 Å². The van der Waals surface area contributed by atoms with Crippen molar-refractivity contribution in [3.63, 3.8) is 0 Å². The standard InChI is InChI=1S/C19H26N2O/c1-14-11-17-12-16(7-8-18(17)21-14)19(22)13-20-10-9-15-5-3-2-4-6-15/h5,7-8,12,14,20-21H,2-4,6,9-11,13H2,1H3. The maximum absolute atomic E-state index is 12.3. The number of allylic oxidation sites excluding steroid dienone is 1. The summed E-state index contributed by atoms with van der Waals surface area (Å²) in [7, 11) is 0. The van der Waals surface area contributed by atoms with E-state index in [0.717, 1.165) is 24.9 Å². The van der Waals surface area contributed by atoms with Crippen LogP contribution in [0.15, 0.2) is 29.8 Å². The van der Waals surface area contributed by atoms with Gasteiger partial charge in [-0.3, -0.25) is 4.79 Å². The summed E-state index contributed by atoms with van der Waals surface area (Å²) in [5.41, 5.74) is 4.84. The Kier molecular flexibility index (Phi) is 4.94. The predicted octanol–water partition coefficient (Wildman–Crippen LogP) is 3.71. The molecule has 1 aromatic carbocycles. The molecule has 0 amide bonds. The van der Waals surface area contributed by atoms with Crippen LogP contribution < -0.4 is 10.6 Å². The van der Waals surface area contributed by atoms with E-state index in [9.17, 15) is 4.79 Å². The SMILES string of the molecule is CC1Cc2cc(C(=O)CNCCC3=CCCCC3)ccc2N1. The number of fused-ring (bicyclic) bond motifs is 1. The van der Waals surface area contributed by atoms with Crippen LogP contribution in [-0.2, 0) is 6.42 Å². The molecule has 118 valence electrons. The molecule has 0 radical (unpaired) electrons. The van der Waals surface area contributed by atoms with Gasteiger partial charge < -0.3 is 10.6 Å². The van der Waals surface area contributed by atoms with Gasteiger partial charge in [0.1, 0.15) is 0 Å². The topological polar surface area (TPSA) is 41.1 Å². The Morgan fingerprint density at radius 2 is 2.27 bits per heavy atom. The van der Waals surface area contributed by atoms with Crippen molar-refractivity contribution in [2.24, 2.45) is 0 Å². The largest absolute Gasteiger partial charge is 0.382 e. The third-order valence-electron chi connectivity index (χ3n) is 4.65. The molecule has 0 fully saturated rings. The average molecular weight is 298 g/mol. The van der Waals surface area contributed by atoms with Gasteiger partial charge in [0, 0.05) is 17.3 Å². The zero-order valence-corrected chi connectivity index (χ0v) is 13.5. The summed E-state index contributed by atoms with van der Waals surface area (Å²) in [5.74, 6) is 0.194. The molecule has 2 aliphatic rings. The average Bonchev–Trinajstić information content (AvgIpc) is 2.91. The molecule has 0 spiro atoms. The molecule has 3 heteroatoms. The summed E-state index contributed by atoms with van der Waals surface area (Å²) in [4.78, 5) is 12.3. The number of hydrogen-bond donors (Lipinski definition) is 2. The first-order valence-electron chi connectivity index (χ1n) is 8.53. The van der Waals surface area contributed by atoms with Crippen molar-refractivity contribution in [3.8, 4) is 0 Å². The second-order valence-corrected chi connectivity index (χ2v) is 6.58. The van der Waals surface area contributed by atoms with E-state index in [1.807, 2.05) is 12.1 Å². The zero-order chi connectivity index (χ0) is 15.4. The molecule has 1 unspecified atom stereocenters. The normalized spacial score (nSPS) is 20.2. The van der Waals surface area contributed by atoms with E-state index in [-0.39, 0.29) is 5.78 Å². The first kappa shape index (κ1) is 15.3. The van der Waals surface area contributed by atoms with Gasteiger partial charge in [-0.15, -0.1) is 0 Å². The molecule has 3 rings (SSSR count). The molecule has 1 aromatic rings. The summed E-state index contributed by atoms with van der Waals surface area (Å²) >= 11 is 0. The number of nitrogens with one attached hydrogen (secondary N) is 2. The first-order chi connectivity index (χ1) is 10.7. The van der Waals surface area contributed by atoms with Gasteiger partial charge in [0.05, 0.1) is 6.54 Å². The van der Waals surface area contributed by atoms with Gasteiger partial charge in [0.2, 0.25) is 0 Å². The summed E-state index contributed by atoms with van der Waals surface area (Å²) in [6, 6.07) is 6.51. The van der Waals surface area contributed by atoms with Crippen molar-refractivity contribution in [2.45, 2.75) is 51.5 Å². The highest BCUT2D eigenvalue weighted by Gasteiger charge is 2.18. The minimum Gasteiger partial charge on any atom is -0.382 e. The first-order valence-corrected chi connectivity index (χ1v) is 8.53. The third-order valence-corrected chi connectivity index (χ3v) is 4.65. The molecular formula is C19H26N2O. The molecule has 1 atom stereocenters. The molecule has 1 aliphatic heterocycles. The number of benzene rings is 1. The summed E-state index contributed by atoms with van der Waals surface area (Å²) in [6.07, 6.45) is 9.60. The minimum atomic E-state index is 0.194. The van der Waals surface area contributed by atoms with Crippen molar-refractivity contribution >= 4 is 11.5 Å². The Labute approximate surface area is 133 Å². The zero-order valence-electron chi connectivity index (χ0n) is 13.5. The van der Waals surface area contributed by atoms with Crippen LogP contribution in [0.3, 0.4) is 0 Å². The van der Waals surface area contributed by atoms with Crippen molar-refractivity contribution in [1.82, 2.24) is 5.32 Å². The number of hydrogen-bond acceptors (Lipinski definition) is 3. The van der Waals surface area contributed by atoms with Gasteiger partial charge in [-0.25, -0.2) is 0 Å². The highest BCUT2D eigenvalue weighted by molar-refractivity contribution is 5.98.